The van der Waals surface area contributed by atoms with Crippen LogP contribution in [0.2, 0.25) is 0 Å². The molecule has 0 aliphatic heterocycles. The van der Waals surface area contributed by atoms with Gasteiger partial charge in [-0.15, -0.1) is 0 Å². The molecule has 0 radical (unpaired) electrons. The summed E-state index contributed by atoms with van der Waals surface area (Å²) in [6.45, 7) is 2.60. The van der Waals surface area contributed by atoms with Gasteiger partial charge in [-0.25, -0.2) is 0 Å². The standard InChI is InChI=1S/C16H21NO2/c1-3-17-16(18)14-10-5-4-8-12(14)13-9-6-7-11-15(13)19-2/h4,6-9,11,13,15H,3,5,10H2,1-2H3,(H,17,18). The fourth-order valence-corrected chi connectivity index (χ4v) is 2.60. The first-order valence-electron chi connectivity index (χ1n) is 6.83. The second-order valence-corrected chi connectivity index (χ2v) is 4.73. The second kappa shape index (κ2) is 6.53. The highest BCUT2D eigenvalue weighted by atomic mass is 16.5. The predicted molar refractivity (Wildman–Crippen MR) is 76.7 cm³/mol. The number of ether oxygens (including phenoxy) is 1. The van der Waals surface area contributed by atoms with Crippen LogP contribution in [0.25, 0.3) is 0 Å². The van der Waals surface area contributed by atoms with Crippen molar-refractivity contribution in [2.45, 2.75) is 25.9 Å². The Morgan fingerprint density at radius 2 is 2.21 bits per heavy atom. The summed E-state index contributed by atoms with van der Waals surface area (Å²) in [5, 5.41) is 2.90. The first-order chi connectivity index (χ1) is 9.27. The Morgan fingerprint density at radius 3 is 2.95 bits per heavy atom. The molecule has 0 aromatic heterocycles. The van der Waals surface area contributed by atoms with Gasteiger partial charge in [0.05, 0.1) is 6.10 Å². The van der Waals surface area contributed by atoms with Gasteiger partial charge in [0.15, 0.2) is 0 Å². The van der Waals surface area contributed by atoms with Gasteiger partial charge in [0.25, 0.3) is 0 Å². The summed E-state index contributed by atoms with van der Waals surface area (Å²) in [5.74, 6) is 0.184. The van der Waals surface area contributed by atoms with E-state index in [9.17, 15) is 4.79 Å². The summed E-state index contributed by atoms with van der Waals surface area (Å²) in [4.78, 5) is 12.2. The van der Waals surface area contributed by atoms with E-state index in [1.807, 2.05) is 25.2 Å². The third-order valence-corrected chi connectivity index (χ3v) is 3.53. The zero-order chi connectivity index (χ0) is 13.7. The maximum Gasteiger partial charge on any atom is 0.247 e. The number of methoxy groups -OCH3 is 1. The van der Waals surface area contributed by atoms with Crippen molar-refractivity contribution in [2.24, 2.45) is 5.92 Å². The van der Waals surface area contributed by atoms with Crippen LogP contribution in [-0.4, -0.2) is 25.7 Å². The quantitative estimate of drug-likeness (QED) is 0.842. The van der Waals surface area contributed by atoms with Crippen molar-refractivity contribution >= 4 is 5.91 Å². The Labute approximate surface area is 114 Å². The van der Waals surface area contributed by atoms with Crippen molar-refractivity contribution in [3.8, 4) is 0 Å². The smallest absolute Gasteiger partial charge is 0.247 e. The number of nitrogens with one attached hydrogen (secondary N) is 1. The Kier molecular flexibility index (Phi) is 4.74. The molecule has 1 N–H and O–H groups in total. The Morgan fingerprint density at radius 1 is 1.42 bits per heavy atom. The number of allylic oxidation sites excluding steroid dienone is 4. The fourth-order valence-electron chi connectivity index (χ4n) is 2.60. The van der Waals surface area contributed by atoms with E-state index in [2.05, 4.69) is 23.5 Å². The number of carbonyl (C=O) groups is 1. The number of likely N-dealkylation sites (N-methyl/N-ethyl adjacent to an activating group) is 1. The third kappa shape index (κ3) is 3.04. The summed E-state index contributed by atoms with van der Waals surface area (Å²) in [5.41, 5.74) is 1.99. The van der Waals surface area contributed by atoms with E-state index in [0.717, 1.165) is 24.0 Å². The van der Waals surface area contributed by atoms with Crippen LogP contribution in [0.5, 0.6) is 0 Å². The van der Waals surface area contributed by atoms with Gasteiger partial charge < -0.3 is 10.1 Å². The zero-order valence-corrected chi connectivity index (χ0v) is 11.6. The van der Waals surface area contributed by atoms with Gasteiger partial charge in [-0.2, -0.15) is 0 Å². The van der Waals surface area contributed by atoms with Crippen LogP contribution in [0.1, 0.15) is 19.8 Å². The topological polar surface area (TPSA) is 38.3 Å². The molecular weight excluding hydrogens is 238 g/mol. The minimum absolute atomic E-state index is 0.00664. The fraction of sp³-hybridized carbons (Fsp3) is 0.438. The molecule has 2 rings (SSSR count). The molecular formula is C16H21NO2. The number of rotatable bonds is 4. The van der Waals surface area contributed by atoms with Crippen LogP contribution in [0.15, 0.2) is 47.6 Å². The summed E-state index contributed by atoms with van der Waals surface area (Å²) in [6.07, 6.45) is 14.1. The lowest BCUT2D eigenvalue weighted by atomic mass is 9.82. The van der Waals surface area contributed by atoms with Crippen LogP contribution in [-0.2, 0) is 9.53 Å². The monoisotopic (exact) mass is 259 g/mol. The van der Waals surface area contributed by atoms with Crippen molar-refractivity contribution in [1.29, 1.82) is 0 Å². The lowest BCUT2D eigenvalue weighted by Crippen LogP contribution is -2.30. The number of hydrogen-bond donors (Lipinski definition) is 1. The van der Waals surface area contributed by atoms with Crippen molar-refractivity contribution in [3.63, 3.8) is 0 Å². The molecule has 0 aromatic carbocycles. The van der Waals surface area contributed by atoms with E-state index < -0.39 is 0 Å². The molecule has 0 bridgehead atoms. The highest BCUT2D eigenvalue weighted by molar-refractivity contribution is 5.95. The lowest BCUT2D eigenvalue weighted by Gasteiger charge is -2.27. The van der Waals surface area contributed by atoms with Gasteiger partial charge in [0.2, 0.25) is 5.91 Å². The van der Waals surface area contributed by atoms with E-state index >= 15 is 0 Å². The van der Waals surface area contributed by atoms with E-state index in [1.165, 1.54) is 0 Å². The minimum atomic E-state index is 0.00664. The van der Waals surface area contributed by atoms with Gasteiger partial charge >= 0.3 is 0 Å². The van der Waals surface area contributed by atoms with Gasteiger partial charge in [-0.05, 0) is 25.3 Å². The molecule has 19 heavy (non-hydrogen) atoms. The van der Waals surface area contributed by atoms with Crippen LogP contribution in [0, 0.1) is 5.92 Å². The van der Waals surface area contributed by atoms with E-state index in [-0.39, 0.29) is 17.9 Å². The molecule has 3 nitrogen and oxygen atoms in total. The maximum absolute atomic E-state index is 12.2. The molecule has 1 amide bonds. The Balaban J connectivity index is 2.32. The van der Waals surface area contributed by atoms with Gasteiger partial charge in [-0.1, -0.05) is 36.5 Å². The van der Waals surface area contributed by atoms with E-state index in [4.69, 9.17) is 4.74 Å². The second-order valence-electron chi connectivity index (χ2n) is 4.73. The average Bonchev–Trinajstić information content (AvgIpc) is 2.47. The SMILES string of the molecule is CCNC(=O)C1=C(C2C=CC=CC2OC)C=CCC1. The molecule has 3 heteroatoms. The molecule has 0 spiro atoms. The maximum atomic E-state index is 12.2. The van der Waals surface area contributed by atoms with Crippen molar-refractivity contribution < 1.29 is 9.53 Å². The van der Waals surface area contributed by atoms with Crippen molar-refractivity contribution in [2.75, 3.05) is 13.7 Å². The summed E-state index contributed by atoms with van der Waals surface area (Å²) < 4.78 is 5.51. The van der Waals surface area contributed by atoms with Crippen LogP contribution in [0.3, 0.4) is 0 Å². The highest BCUT2D eigenvalue weighted by Gasteiger charge is 2.26. The normalized spacial score (nSPS) is 25.8. The van der Waals surface area contributed by atoms with Crippen LogP contribution in [0.4, 0.5) is 0 Å². The molecule has 2 aliphatic rings. The molecule has 0 saturated heterocycles. The zero-order valence-electron chi connectivity index (χ0n) is 11.6. The van der Waals surface area contributed by atoms with Crippen molar-refractivity contribution in [3.05, 3.63) is 47.6 Å². The molecule has 2 atom stereocenters. The Bertz CT molecular complexity index is 457. The average molecular weight is 259 g/mol. The summed E-state index contributed by atoms with van der Waals surface area (Å²) in [7, 11) is 1.71. The molecule has 0 saturated carbocycles. The van der Waals surface area contributed by atoms with Gasteiger partial charge in [0, 0.05) is 25.1 Å². The lowest BCUT2D eigenvalue weighted by molar-refractivity contribution is -0.117. The predicted octanol–water partition coefficient (Wildman–Crippen LogP) is 2.53. The molecule has 102 valence electrons. The van der Waals surface area contributed by atoms with Gasteiger partial charge in [0.1, 0.15) is 0 Å². The number of amides is 1. The molecule has 2 aliphatic carbocycles. The molecule has 0 aromatic rings. The van der Waals surface area contributed by atoms with Gasteiger partial charge in [-0.3, -0.25) is 4.79 Å². The first-order valence-corrected chi connectivity index (χ1v) is 6.83. The third-order valence-electron chi connectivity index (χ3n) is 3.53. The largest absolute Gasteiger partial charge is 0.376 e. The van der Waals surface area contributed by atoms with Crippen molar-refractivity contribution in [1.82, 2.24) is 5.32 Å². The van der Waals surface area contributed by atoms with E-state index in [0.29, 0.717) is 6.54 Å². The number of hydrogen-bond acceptors (Lipinski definition) is 2. The van der Waals surface area contributed by atoms with Crippen LogP contribution >= 0.6 is 0 Å². The van der Waals surface area contributed by atoms with Crippen LogP contribution < -0.4 is 5.32 Å². The Hall–Kier alpha value is -1.61. The summed E-state index contributed by atoms with van der Waals surface area (Å²) >= 11 is 0. The minimum Gasteiger partial charge on any atom is -0.376 e. The molecule has 2 unspecified atom stereocenters. The summed E-state index contributed by atoms with van der Waals surface area (Å²) in [6, 6.07) is 0. The number of carbonyl (C=O) groups excluding carboxylic acids is 1. The molecule has 0 heterocycles. The molecule has 0 fully saturated rings. The van der Waals surface area contributed by atoms with E-state index in [1.54, 1.807) is 7.11 Å². The first kappa shape index (κ1) is 13.8. The highest BCUT2D eigenvalue weighted by Crippen LogP contribution is 2.31.